The van der Waals surface area contributed by atoms with Crippen molar-refractivity contribution in [1.29, 1.82) is 0 Å². The second kappa shape index (κ2) is 3.25. The zero-order valence-corrected chi connectivity index (χ0v) is 6.39. The van der Waals surface area contributed by atoms with Crippen molar-refractivity contribution < 1.29 is 0 Å². The van der Waals surface area contributed by atoms with Crippen LogP contribution in [0, 0.1) is 6.20 Å². The van der Waals surface area contributed by atoms with Crippen molar-refractivity contribution in [3.05, 3.63) is 12.4 Å². The molecule has 0 spiro atoms. The van der Waals surface area contributed by atoms with Crippen molar-refractivity contribution in [1.82, 2.24) is 10.2 Å². The third kappa shape index (κ3) is 1.50. The average molecular weight is 138 g/mol. The van der Waals surface area contributed by atoms with Gasteiger partial charge in [-0.05, 0) is 6.42 Å². The molecule has 1 heterocycles. The van der Waals surface area contributed by atoms with Crippen molar-refractivity contribution in [3.63, 3.8) is 0 Å². The number of anilines is 1. The van der Waals surface area contributed by atoms with Crippen LogP contribution in [0.4, 0.5) is 5.69 Å². The van der Waals surface area contributed by atoms with Gasteiger partial charge in [0.25, 0.3) is 0 Å². The maximum atomic E-state index is 3.73. The summed E-state index contributed by atoms with van der Waals surface area (Å²) in [7, 11) is 2.03. The first kappa shape index (κ1) is 7.12. The van der Waals surface area contributed by atoms with Gasteiger partial charge in [0.05, 0.1) is 5.69 Å². The Labute approximate surface area is 61.0 Å². The van der Waals surface area contributed by atoms with E-state index in [4.69, 9.17) is 0 Å². The summed E-state index contributed by atoms with van der Waals surface area (Å²) in [4.78, 5) is 2.11. The van der Waals surface area contributed by atoms with Crippen LogP contribution in [0.15, 0.2) is 6.20 Å². The number of H-pyrrole nitrogens is 1. The van der Waals surface area contributed by atoms with E-state index >= 15 is 0 Å². The van der Waals surface area contributed by atoms with Crippen molar-refractivity contribution in [2.75, 3.05) is 18.5 Å². The molecule has 55 valence electrons. The minimum Gasteiger partial charge on any atom is -0.372 e. The number of aromatic amines is 1. The number of aromatic nitrogens is 2. The minimum atomic E-state index is 1.03. The summed E-state index contributed by atoms with van der Waals surface area (Å²) in [6, 6.07) is 0. The van der Waals surface area contributed by atoms with Gasteiger partial charge in [-0.2, -0.15) is 5.10 Å². The lowest BCUT2D eigenvalue weighted by Crippen LogP contribution is -2.16. The molecule has 0 saturated heterocycles. The Morgan fingerprint density at radius 3 is 3.10 bits per heavy atom. The fourth-order valence-electron chi connectivity index (χ4n) is 0.867. The summed E-state index contributed by atoms with van der Waals surface area (Å²) in [5.41, 5.74) is 1.03. The molecule has 1 N–H and O–H groups in total. The number of nitrogens with zero attached hydrogens (tertiary/aromatic N) is 2. The summed E-state index contributed by atoms with van der Waals surface area (Å²) < 4.78 is 0. The molecule has 10 heavy (non-hydrogen) atoms. The molecule has 0 aliphatic carbocycles. The maximum absolute atomic E-state index is 3.73. The van der Waals surface area contributed by atoms with E-state index in [0.29, 0.717) is 0 Å². The second-order valence-electron chi connectivity index (χ2n) is 2.30. The monoisotopic (exact) mass is 138 g/mol. The van der Waals surface area contributed by atoms with Crippen LogP contribution in [0.3, 0.4) is 0 Å². The Bertz CT molecular complexity index is 169. The molecule has 3 heteroatoms. The van der Waals surface area contributed by atoms with Gasteiger partial charge in [0.1, 0.15) is 6.20 Å². The van der Waals surface area contributed by atoms with Gasteiger partial charge < -0.3 is 4.90 Å². The lowest BCUT2D eigenvalue weighted by Gasteiger charge is -2.14. The highest BCUT2D eigenvalue weighted by molar-refractivity contribution is 5.39. The van der Waals surface area contributed by atoms with Gasteiger partial charge in [-0.1, -0.05) is 6.92 Å². The average Bonchev–Trinajstić information content (AvgIpc) is 2.38. The molecule has 1 rings (SSSR count). The van der Waals surface area contributed by atoms with Crippen LogP contribution in [0.1, 0.15) is 13.3 Å². The van der Waals surface area contributed by atoms with Crippen molar-refractivity contribution in [3.8, 4) is 0 Å². The van der Waals surface area contributed by atoms with Crippen LogP contribution in [-0.4, -0.2) is 23.8 Å². The summed E-state index contributed by atoms with van der Waals surface area (Å²) in [5, 5.41) is 6.46. The van der Waals surface area contributed by atoms with Crippen molar-refractivity contribution in [2.45, 2.75) is 13.3 Å². The number of hydrogen-bond acceptors (Lipinski definition) is 2. The predicted molar refractivity (Wildman–Crippen MR) is 41.0 cm³/mol. The van der Waals surface area contributed by atoms with Crippen LogP contribution in [0.2, 0.25) is 0 Å². The van der Waals surface area contributed by atoms with Gasteiger partial charge >= 0.3 is 0 Å². The first-order valence-corrected chi connectivity index (χ1v) is 3.47. The van der Waals surface area contributed by atoms with Gasteiger partial charge in [0.2, 0.25) is 0 Å². The van der Waals surface area contributed by atoms with Crippen molar-refractivity contribution in [2.24, 2.45) is 0 Å². The molecule has 0 bridgehead atoms. The first-order chi connectivity index (χ1) is 4.84. The molecule has 0 amide bonds. The molecule has 1 aromatic rings. The molecular formula is C7H12N3. The number of hydrogen-bond donors (Lipinski definition) is 1. The van der Waals surface area contributed by atoms with Gasteiger partial charge in [0.15, 0.2) is 0 Å². The van der Waals surface area contributed by atoms with Gasteiger partial charge in [-0.15, -0.1) is 0 Å². The van der Waals surface area contributed by atoms with E-state index in [1.807, 2.05) is 13.2 Å². The molecule has 3 nitrogen and oxygen atoms in total. The van der Waals surface area contributed by atoms with E-state index in [-0.39, 0.29) is 0 Å². The Balaban J connectivity index is 2.50. The highest BCUT2D eigenvalue weighted by atomic mass is 15.2. The summed E-state index contributed by atoms with van der Waals surface area (Å²) >= 11 is 0. The Morgan fingerprint density at radius 2 is 2.60 bits per heavy atom. The molecule has 0 aliphatic heterocycles. The Kier molecular flexibility index (Phi) is 2.31. The van der Waals surface area contributed by atoms with Gasteiger partial charge in [-0.3, -0.25) is 5.10 Å². The zero-order chi connectivity index (χ0) is 7.40. The smallest absolute Gasteiger partial charge is 0.138 e. The highest BCUT2D eigenvalue weighted by Gasteiger charge is 1.98. The molecule has 1 radical (unpaired) electrons. The molecule has 0 atom stereocenters. The Morgan fingerprint density at radius 1 is 1.80 bits per heavy atom. The van der Waals surface area contributed by atoms with Gasteiger partial charge in [-0.25, -0.2) is 0 Å². The van der Waals surface area contributed by atoms with E-state index in [1.54, 1.807) is 0 Å². The molecule has 0 fully saturated rings. The highest BCUT2D eigenvalue weighted by Crippen LogP contribution is 2.06. The standard InChI is InChI=1S/C7H12N3/c1-3-4-10(2)7-5-8-9-6-7/h5H,3-4H2,1-2H3,(H,8,9). The van der Waals surface area contributed by atoms with Crippen LogP contribution < -0.4 is 4.90 Å². The van der Waals surface area contributed by atoms with Crippen LogP contribution in [0.5, 0.6) is 0 Å². The minimum absolute atomic E-state index is 1.03. The molecular weight excluding hydrogens is 126 g/mol. The summed E-state index contributed by atoms with van der Waals surface area (Å²) in [6.07, 6.45) is 5.83. The molecule has 1 aromatic heterocycles. The maximum Gasteiger partial charge on any atom is 0.138 e. The molecule has 0 unspecified atom stereocenters. The predicted octanol–water partition coefficient (Wildman–Crippen LogP) is 1.06. The number of rotatable bonds is 3. The van der Waals surface area contributed by atoms with Crippen LogP contribution in [0.25, 0.3) is 0 Å². The third-order valence-electron chi connectivity index (χ3n) is 1.41. The third-order valence-corrected chi connectivity index (χ3v) is 1.41. The molecule has 0 saturated carbocycles. The molecule has 0 aliphatic rings. The number of nitrogens with one attached hydrogen (secondary N) is 1. The van der Waals surface area contributed by atoms with Crippen LogP contribution in [-0.2, 0) is 0 Å². The second-order valence-corrected chi connectivity index (χ2v) is 2.30. The normalized spacial score (nSPS) is 9.80. The summed E-state index contributed by atoms with van der Waals surface area (Å²) in [5.74, 6) is 0. The van der Waals surface area contributed by atoms with E-state index in [1.165, 1.54) is 0 Å². The largest absolute Gasteiger partial charge is 0.372 e. The summed E-state index contributed by atoms with van der Waals surface area (Å²) in [6.45, 7) is 3.20. The van der Waals surface area contributed by atoms with E-state index < -0.39 is 0 Å². The quantitative estimate of drug-likeness (QED) is 0.677. The lowest BCUT2D eigenvalue weighted by molar-refractivity contribution is 0.852. The first-order valence-electron chi connectivity index (χ1n) is 3.47. The SMILES string of the molecule is CCCN(C)c1[c]n[nH]c1. The zero-order valence-electron chi connectivity index (χ0n) is 6.39. The topological polar surface area (TPSA) is 31.9 Å². The fourth-order valence-corrected chi connectivity index (χ4v) is 0.867. The fraction of sp³-hybridized carbons (Fsp3) is 0.571. The Hall–Kier alpha value is -0.990. The van der Waals surface area contributed by atoms with Crippen molar-refractivity contribution >= 4 is 5.69 Å². The molecule has 0 aromatic carbocycles. The van der Waals surface area contributed by atoms with E-state index in [2.05, 4.69) is 28.2 Å². The van der Waals surface area contributed by atoms with Gasteiger partial charge in [0, 0.05) is 19.8 Å². The lowest BCUT2D eigenvalue weighted by atomic mass is 10.4. The van der Waals surface area contributed by atoms with E-state index in [0.717, 1.165) is 18.7 Å². The van der Waals surface area contributed by atoms with E-state index in [9.17, 15) is 0 Å². The van der Waals surface area contributed by atoms with Crippen LogP contribution >= 0.6 is 0 Å².